The van der Waals surface area contributed by atoms with Gasteiger partial charge in [-0.2, -0.15) is 0 Å². The molecule has 0 bridgehead atoms. The smallest absolute Gasteiger partial charge is 0.131 e. The predicted molar refractivity (Wildman–Crippen MR) is 298 cm³/mol. The van der Waals surface area contributed by atoms with Gasteiger partial charge in [0.05, 0.1) is 0 Å². The Balaban J connectivity index is 1.15. The van der Waals surface area contributed by atoms with Crippen LogP contribution in [0.5, 0.6) is 0 Å². The lowest BCUT2D eigenvalue weighted by Gasteiger charge is -2.30. The number of rotatable bonds is 8. The van der Waals surface area contributed by atoms with Crippen molar-refractivity contribution >= 4 is 44.9 Å². The van der Waals surface area contributed by atoms with Crippen molar-refractivity contribution in [3.05, 3.63) is 250 Å². The Morgan fingerprint density at radius 1 is 0.306 bits per heavy atom. The van der Waals surface area contributed by atoms with Crippen LogP contribution in [0.2, 0.25) is 0 Å². The summed E-state index contributed by atoms with van der Waals surface area (Å²) in [7, 11) is 0. The first kappa shape index (κ1) is 45.1. The molecule has 0 N–H and O–H groups in total. The molecule has 72 heavy (non-hydrogen) atoms. The van der Waals surface area contributed by atoms with E-state index in [2.05, 4.69) is 211 Å². The van der Waals surface area contributed by atoms with E-state index in [4.69, 9.17) is 0 Å². The van der Waals surface area contributed by atoms with Crippen LogP contribution in [0.3, 0.4) is 0 Å². The highest BCUT2D eigenvalue weighted by molar-refractivity contribution is 6.17. The maximum Gasteiger partial charge on any atom is 0.131 e. The minimum atomic E-state index is -0.537. The minimum absolute atomic E-state index is 0.298. The molecular formula is C68H56F2N2. The Morgan fingerprint density at radius 3 is 0.931 bits per heavy atom. The van der Waals surface area contributed by atoms with Gasteiger partial charge in [-0.3, -0.25) is 0 Å². The van der Waals surface area contributed by atoms with Gasteiger partial charge in [0.25, 0.3) is 0 Å². The summed E-state index contributed by atoms with van der Waals surface area (Å²) in [6, 6.07) is 66.7. The molecule has 352 valence electrons. The second-order valence-corrected chi connectivity index (χ2v) is 20.9. The number of nitrogens with zero attached hydrogens (tertiary/aromatic N) is 2. The van der Waals surface area contributed by atoms with E-state index in [-0.39, 0.29) is 11.6 Å². The van der Waals surface area contributed by atoms with Crippen molar-refractivity contribution in [2.24, 2.45) is 0 Å². The maximum absolute atomic E-state index is 17.0. The molecule has 2 aliphatic rings. The van der Waals surface area contributed by atoms with E-state index in [1.807, 2.05) is 24.3 Å². The number of halogens is 2. The molecule has 0 amide bonds. The largest absolute Gasteiger partial charge is 0.310 e. The number of anilines is 6. The van der Waals surface area contributed by atoms with Crippen LogP contribution in [-0.2, 0) is 10.8 Å². The van der Waals surface area contributed by atoms with Crippen LogP contribution in [0.4, 0.5) is 42.9 Å². The highest BCUT2D eigenvalue weighted by Gasteiger charge is 2.43. The van der Waals surface area contributed by atoms with Crippen molar-refractivity contribution in [2.45, 2.75) is 66.2 Å². The Bertz CT molecular complexity index is 3520. The quantitative estimate of drug-likeness (QED) is 0.150. The average Bonchev–Trinajstić information content (AvgIpc) is 3.73. The number of hydrogen-bond acceptors (Lipinski definition) is 2. The maximum atomic E-state index is 17.0. The van der Waals surface area contributed by atoms with Crippen molar-refractivity contribution in [1.82, 2.24) is 0 Å². The molecule has 10 aromatic rings. The van der Waals surface area contributed by atoms with E-state index in [0.29, 0.717) is 11.1 Å². The molecule has 0 aliphatic heterocycles. The Kier molecular flexibility index (Phi) is 10.5. The lowest BCUT2D eigenvalue weighted by atomic mass is 9.76. The topological polar surface area (TPSA) is 6.48 Å². The second kappa shape index (κ2) is 16.8. The van der Waals surface area contributed by atoms with E-state index in [1.165, 1.54) is 22.3 Å². The van der Waals surface area contributed by atoms with Gasteiger partial charge in [-0.05, 0) is 178 Å². The zero-order valence-corrected chi connectivity index (χ0v) is 42.1. The fourth-order valence-electron chi connectivity index (χ4n) is 12.1. The summed E-state index contributed by atoms with van der Waals surface area (Å²) >= 11 is 0. The van der Waals surface area contributed by atoms with Gasteiger partial charge >= 0.3 is 0 Å². The molecule has 12 rings (SSSR count). The third-order valence-electron chi connectivity index (χ3n) is 15.9. The van der Waals surface area contributed by atoms with Crippen molar-refractivity contribution in [1.29, 1.82) is 0 Å². The van der Waals surface area contributed by atoms with Crippen LogP contribution >= 0.6 is 0 Å². The van der Waals surface area contributed by atoms with Crippen molar-refractivity contribution in [3.8, 4) is 44.5 Å². The highest BCUT2D eigenvalue weighted by Crippen LogP contribution is 2.61. The van der Waals surface area contributed by atoms with Crippen molar-refractivity contribution in [2.75, 3.05) is 9.80 Å². The van der Waals surface area contributed by atoms with E-state index in [9.17, 15) is 0 Å². The van der Waals surface area contributed by atoms with Gasteiger partial charge < -0.3 is 9.80 Å². The second-order valence-electron chi connectivity index (χ2n) is 20.9. The van der Waals surface area contributed by atoms with E-state index >= 15 is 8.78 Å². The van der Waals surface area contributed by atoms with Crippen LogP contribution in [0.1, 0.15) is 72.2 Å². The molecule has 0 saturated heterocycles. The van der Waals surface area contributed by atoms with E-state index < -0.39 is 10.8 Å². The van der Waals surface area contributed by atoms with Crippen LogP contribution < -0.4 is 9.80 Å². The van der Waals surface area contributed by atoms with Gasteiger partial charge in [0.15, 0.2) is 0 Å². The first-order valence-corrected chi connectivity index (χ1v) is 25.1. The fourth-order valence-corrected chi connectivity index (χ4v) is 12.1. The third kappa shape index (κ3) is 6.79. The SMILES string of the molecule is Cc1ccccc1N(c1ccc2c(c1)C(C)(C)c1cc3c(-c4ccccc4F)c4c(cc3c(-c3ccccc3F)c1-2)C(C)(C)c1cc(N(c2ccccc2C)c2ccccc2C)ccc1-4)c1ccccc1C. The molecule has 0 saturated carbocycles. The molecular weight excluding hydrogens is 883 g/mol. The lowest BCUT2D eigenvalue weighted by Crippen LogP contribution is -2.18. The van der Waals surface area contributed by atoms with E-state index in [0.717, 1.165) is 101 Å². The molecule has 4 heteroatoms. The summed E-state index contributed by atoms with van der Waals surface area (Å²) < 4.78 is 34.0. The molecule has 0 radical (unpaired) electrons. The molecule has 0 heterocycles. The average molecular weight is 939 g/mol. The van der Waals surface area contributed by atoms with Gasteiger partial charge in [-0.15, -0.1) is 0 Å². The fraction of sp³-hybridized carbons (Fsp3) is 0.147. The van der Waals surface area contributed by atoms with Crippen LogP contribution in [-0.4, -0.2) is 0 Å². The summed E-state index contributed by atoms with van der Waals surface area (Å²) in [4.78, 5) is 4.73. The van der Waals surface area contributed by atoms with Gasteiger partial charge in [-0.25, -0.2) is 8.78 Å². The third-order valence-corrected chi connectivity index (χ3v) is 15.9. The molecule has 0 fully saturated rings. The Hall–Kier alpha value is -8.08. The highest BCUT2D eigenvalue weighted by atomic mass is 19.1. The first-order chi connectivity index (χ1) is 34.8. The number of aryl methyl sites for hydroxylation is 4. The Labute approximate surface area is 422 Å². The summed E-state index contributed by atoms with van der Waals surface area (Å²) in [6.07, 6.45) is 0. The van der Waals surface area contributed by atoms with Crippen LogP contribution in [0.15, 0.2) is 194 Å². The number of benzene rings is 10. The zero-order valence-electron chi connectivity index (χ0n) is 42.1. The van der Waals surface area contributed by atoms with Crippen LogP contribution in [0.25, 0.3) is 55.3 Å². The van der Waals surface area contributed by atoms with Gasteiger partial charge in [0.1, 0.15) is 11.6 Å². The molecule has 2 nitrogen and oxygen atoms in total. The molecule has 0 unspecified atom stereocenters. The summed E-state index contributed by atoms with van der Waals surface area (Å²) in [5, 5.41) is 1.79. The Morgan fingerprint density at radius 2 is 0.611 bits per heavy atom. The zero-order chi connectivity index (χ0) is 49.8. The summed E-state index contributed by atoms with van der Waals surface area (Å²) in [5.41, 5.74) is 21.4. The van der Waals surface area contributed by atoms with Crippen molar-refractivity contribution < 1.29 is 8.78 Å². The standard InChI is InChI=1S/C68H56F2N2/c1-41-21-9-17-29-59(41)71(60-30-18-10-22-42(60)2)45-33-35-47-53(37-45)67(5,6)55-39-51-52(63(65(47)55)49-25-13-15-27-57(49)69)40-56-66(64(51)50-26-14-16-28-58(50)70)48-36-34-46(38-54(48)68(56,7)8)72(61-31-19-11-23-43(61)3)62-32-20-12-24-44(62)4/h9-40H,1-8H3. The van der Waals surface area contributed by atoms with Crippen LogP contribution in [0, 0.1) is 39.3 Å². The number of para-hydroxylation sites is 4. The molecule has 10 aromatic carbocycles. The van der Waals surface area contributed by atoms with Gasteiger partial charge in [0, 0.05) is 67.2 Å². The monoisotopic (exact) mass is 938 g/mol. The molecule has 0 aromatic heterocycles. The van der Waals surface area contributed by atoms with Gasteiger partial charge in [-0.1, -0.05) is 149 Å². The molecule has 0 spiro atoms. The summed E-state index contributed by atoms with van der Waals surface area (Å²) in [5.74, 6) is -0.596. The minimum Gasteiger partial charge on any atom is -0.310 e. The van der Waals surface area contributed by atoms with E-state index in [1.54, 1.807) is 24.3 Å². The normalized spacial score (nSPS) is 13.6. The first-order valence-electron chi connectivity index (χ1n) is 25.1. The lowest BCUT2D eigenvalue weighted by molar-refractivity contribution is 0.630. The molecule has 0 atom stereocenters. The number of hydrogen-bond donors (Lipinski definition) is 0. The predicted octanol–water partition coefficient (Wildman–Crippen LogP) is 19.2. The molecule has 2 aliphatic carbocycles. The van der Waals surface area contributed by atoms with Crippen molar-refractivity contribution in [3.63, 3.8) is 0 Å². The van der Waals surface area contributed by atoms with Gasteiger partial charge in [0.2, 0.25) is 0 Å². The summed E-state index contributed by atoms with van der Waals surface area (Å²) in [6.45, 7) is 17.8. The number of fused-ring (bicyclic) bond motifs is 7.